The number of anilines is 1. The molecular weight excluding hydrogens is 332 g/mol. The number of nitrogens with one attached hydrogen (secondary N) is 2. The topological polar surface area (TPSA) is 41.9 Å². The molecule has 3 aromatic rings. The average molecular weight is 361 g/mol. The molecule has 0 amide bonds. The van der Waals surface area contributed by atoms with Gasteiger partial charge in [-0.05, 0) is 48.6 Å². The summed E-state index contributed by atoms with van der Waals surface area (Å²) in [6.45, 7) is 1.98. The molecule has 0 bridgehead atoms. The first kappa shape index (κ1) is 17.8. The molecule has 4 nitrogen and oxygen atoms in total. The number of hydrogen-bond donors (Lipinski definition) is 2. The first-order valence-electron chi connectivity index (χ1n) is 9.98. The van der Waals surface area contributed by atoms with Crippen molar-refractivity contribution in [1.29, 1.82) is 0 Å². The lowest BCUT2D eigenvalue weighted by molar-refractivity contribution is 0.272. The van der Waals surface area contributed by atoms with Gasteiger partial charge in [0.05, 0.1) is 6.33 Å². The largest absolute Gasteiger partial charge is 0.385 e. The molecule has 0 spiro atoms. The molecule has 0 aliphatic heterocycles. The lowest BCUT2D eigenvalue weighted by Crippen LogP contribution is -2.41. The van der Waals surface area contributed by atoms with Crippen molar-refractivity contribution in [2.45, 2.75) is 38.3 Å². The molecule has 1 aromatic heterocycles. The van der Waals surface area contributed by atoms with Crippen molar-refractivity contribution < 1.29 is 0 Å². The number of benzene rings is 2. The van der Waals surface area contributed by atoms with Crippen LogP contribution in [0.5, 0.6) is 0 Å². The Bertz CT molecular complexity index is 796. The van der Waals surface area contributed by atoms with Crippen molar-refractivity contribution >= 4 is 5.69 Å². The Morgan fingerprint density at radius 3 is 2.56 bits per heavy atom. The molecule has 1 aliphatic rings. The number of nitrogens with zero attached hydrogens (tertiary/aromatic N) is 2. The SMILES string of the molecule is c1ccc(CNC2CCCCC2CNc2ccc(-n3ccnc3)cc2)cc1. The van der Waals surface area contributed by atoms with Crippen molar-refractivity contribution in [3.05, 3.63) is 78.9 Å². The number of hydrogen-bond acceptors (Lipinski definition) is 3. The fourth-order valence-electron chi connectivity index (χ4n) is 3.98. The second-order valence-corrected chi connectivity index (χ2v) is 7.42. The van der Waals surface area contributed by atoms with Gasteiger partial charge in [-0.3, -0.25) is 0 Å². The van der Waals surface area contributed by atoms with E-state index in [0.29, 0.717) is 12.0 Å². The molecule has 1 aliphatic carbocycles. The molecule has 0 radical (unpaired) electrons. The smallest absolute Gasteiger partial charge is 0.0991 e. The Kier molecular flexibility index (Phi) is 5.85. The van der Waals surface area contributed by atoms with E-state index in [9.17, 15) is 0 Å². The fourth-order valence-corrected chi connectivity index (χ4v) is 3.98. The Balaban J connectivity index is 1.31. The summed E-state index contributed by atoms with van der Waals surface area (Å²) >= 11 is 0. The van der Waals surface area contributed by atoms with Crippen molar-refractivity contribution in [1.82, 2.24) is 14.9 Å². The van der Waals surface area contributed by atoms with Crippen LogP contribution in [-0.2, 0) is 6.54 Å². The maximum absolute atomic E-state index is 4.11. The minimum absolute atomic E-state index is 0.594. The average Bonchev–Trinajstić information content (AvgIpc) is 3.27. The summed E-state index contributed by atoms with van der Waals surface area (Å²) in [5.41, 5.74) is 3.69. The van der Waals surface area contributed by atoms with Gasteiger partial charge in [0.25, 0.3) is 0 Å². The molecule has 27 heavy (non-hydrogen) atoms. The summed E-state index contributed by atoms with van der Waals surface area (Å²) in [5, 5.41) is 7.45. The van der Waals surface area contributed by atoms with Crippen LogP contribution in [0.1, 0.15) is 31.2 Å². The van der Waals surface area contributed by atoms with Crippen LogP contribution in [0.25, 0.3) is 5.69 Å². The van der Waals surface area contributed by atoms with Gasteiger partial charge in [0.2, 0.25) is 0 Å². The zero-order valence-electron chi connectivity index (χ0n) is 15.7. The highest BCUT2D eigenvalue weighted by molar-refractivity contribution is 5.48. The van der Waals surface area contributed by atoms with E-state index in [-0.39, 0.29) is 0 Å². The first-order valence-corrected chi connectivity index (χ1v) is 9.98. The van der Waals surface area contributed by atoms with Gasteiger partial charge in [0.1, 0.15) is 0 Å². The zero-order valence-corrected chi connectivity index (χ0v) is 15.7. The predicted molar refractivity (Wildman–Crippen MR) is 111 cm³/mol. The van der Waals surface area contributed by atoms with E-state index in [1.54, 1.807) is 6.20 Å². The number of rotatable bonds is 7. The van der Waals surface area contributed by atoms with Crippen LogP contribution in [0.3, 0.4) is 0 Å². The Labute approximate surface area is 161 Å². The highest BCUT2D eigenvalue weighted by Gasteiger charge is 2.24. The van der Waals surface area contributed by atoms with Crippen molar-refractivity contribution in [2.24, 2.45) is 5.92 Å². The van der Waals surface area contributed by atoms with E-state index < -0.39 is 0 Å². The number of imidazole rings is 1. The van der Waals surface area contributed by atoms with E-state index in [4.69, 9.17) is 0 Å². The van der Waals surface area contributed by atoms with Crippen LogP contribution >= 0.6 is 0 Å². The lowest BCUT2D eigenvalue weighted by Gasteiger charge is -2.33. The minimum Gasteiger partial charge on any atom is -0.385 e. The maximum atomic E-state index is 4.11. The Morgan fingerprint density at radius 2 is 1.78 bits per heavy atom. The van der Waals surface area contributed by atoms with E-state index >= 15 is 0 Å². The third-order valence-corrected chi connectivity index (χ3v) is 5.56. The van der Waals surface area contributed by atoms with Gasteiger partial charge in [0.15, 0.2) is 0 Å². The summed E-state index contributed by atoms with van der Waals surface area (Å²) in [4.78, 5) is 4.11. The highest BCUT2D eigenvalue weighted by atomic mass is 15.0. The Hall–Kier alpha value is -2.59. The summed E-state index contributed by atoms with van der Waals surface area (Å²) in [6.07, 6.45) is 10.8. The van der Waals surface area contributed by atoms with Crippen LogP contribution in [-0.4, -0.2) is 22.1 Å². The van der Waals surface area contributed by atoms with E-state index in [1.807, 2.05) is 17.1 Å². The summed E-state index contributed by atoms with van der Waals surface area (Å²) in [6, 6.07) is 19.9. The van der Waals surface area contributed by atoms with Crippen LogP contribution in [0.4, 0.5) is 5.69 Å². The quantitative estimate of drug-likeness (QED) is 0.645. The fraction of sp³-hybridized carbons (Fsp3) is 0.348. The molecule has 2 unspecified atom stereocenters. The molecule has 0 saturated heterocycles. The highest BCUT2D eigenvalue weighted by Crippen LogP contribution is 2.25. The molecular formula is C23H28N4. The molecule has 1 saturated carbocycles. The molecule has 1 fully saturated rings. The Morgan fingerprint density at radius 1 is 0.963 bits per heavy atom. The van der Waals surface area contributed by atoms with Gasteiger partial charge in [-0.1, -0.05) is 43.2 Å². The molecule has 2 aromatic carbocycles. The third kappa shape index (κ3) is 4.77. The second kappa shape index (κ2) is 8.87. The zero-order chi connectivity index (χ0) is 18.3. The van der Waals surface area contributed by atoms with Gasteiger partial charge in [0, 0.05) is 42.9 Å². The summed E-state index contributed by atoms with van der Waals surface area (Å²) in [5.74, 6) is 0.677. The van der Waals surface area contributed by atoms with Crippen molar-refractivity contribution in [3.8, 4) is 5.69 Å². The third-order valence-electron chi connectivity index (χ3n) is 5.56. The minimum atomic E-state index is 0.594. The molecule has 140 valence electrons. The van der Waals surface area contributed by atoms with Crippen molar-refractivity contribution in [2.75, 3.05) is 11.9 Å². The van der Waals surface area contributed by atoms with Gasteiger partial charge >= 0.3 is 0 Å². The molecule has 2 atom stereocenters. The van der Waals surface area contributed by atoms with Crippen molar-refractivity contribution in [3.63, 3.8) is 0 Å². The van der Waals surface area contributed by atoms with Crippen LogP contribution in [0.2, 0.25) is 0 Å². The van der Waals surface area contributed by atoms with Crippen LogP contribution in [0, 0.1) is 5.92 Å². The summed E-state index contributed by atoms with van der Waals surface area (Å²) in [7, 11) is 0. The predicted octanol–water partition coefficient (Wildman–Crippen LogP) is 4.63. The molecule has 2 N–H and O–H groups in total. The molecule has 4 rings (SSSR count). The van der Waals surface area contributed by atoms with Gasteiger partial charge in [-0.15, -0.1) is 0 Å². The molecule has 4 heteroatoms. The van der Waals surface area contributed by atoms with E-state index in [2.05, 4.69) is 70.2 Å². The summed E-state index contributed by atoms with van der Waals surface area (Å²) < 4.78 is 2.02. The normalized spacial score (nSPS) is 19.7. The van der Waals surface area contributed by atoms with E-state index in [0.717, 1.165) is 18.8 Å². The monoisotopic (exact) mass is 360 g/mol. The van der Waals surface area contributed by atoms with Gasteiger partial charge in [-0.25, -0.2) is 4.98 Å². The van der Waals surface area contributed by atoms with Crippen LogP contribution < -0.4 is 10.6 Å². The second-order valence-electron chi connectivity index (χ2n) is 7.42. The van der Waals surface area contributed by atoms with E-state index in [1.165, 1.54) is 36.9 Å². The van der Waals surface area contributed by atoms with Gasteiger partial charge < -0.3 is 15.2 Å². The molecule has 1 heterocycles. The number of aromatic nitrogens is 2. The maximum Gasteiger partial charge on any atom is 0.0991 e. The van der Waals surface area contributed by atoms with Gasteiger partial charge in [-0.2, -0.15) is 0 Å². The lowest BCUT2D eigenvalue weighted by atomic mass is 9.84. The first-order chi connectivity index (χ1) is 13.4. The standard InChI is InChI=1S/C23H28N4/c1-2-6-19(7-3-1)16-26-23-9-5-4-8-20(23)17-25-21-10-12-22(13-11-21)27-15-14-24-18-27/h1-3,6-7,10-15,18,20,23,25-26H,4-5,8-9,16-17H2. The van der Waals surface area contributed by atoms with Crippen LogP contribution in [0.15, 0.2) is 73.3 Å².